The number of hydrogen-bond acceptors (Lipinski definition) is 2. The lowest BCUT2D eigenvalue weighted by atomic mass is 9.98. The Balaban J connectivity index is 2.71. The van der Waals surface area contributed by atoms with Crippen molar-refractivity contribution in [3.63, 3.8) is 0 Å². The zero-order valence-corrected chi connectivity index (χ0v) is 11.0. The second-order valence-corrected chi connectivity index (χ2v) is 6.31. The van der Waals surface area contributed by atoms with Crippen molar-refractivity contribution in [3.8, 4) is 0 Å². The first-order chi connectivity index (χ1) is 6.88. The van der Waals surface area contributed by atoms with E-state index in [0.717, 1.165) is 16.1 Å². The van der Waals surface area contributed by atoms with E-state index in [9.17, 15) is 0 Å². The van der Waals surface area contributed by atoms with Gasteiger partial charge in [-0.1, -0.05) is 32.4 Å². The zero-order valence-electron chi connectivity index (χ0n) is 9.39. The van der Waals surface area contributed by atoms with Crippen LogP contribution in [0.15, 0.2) is 12.1 Å². The topological polar surface area (TPSA) is 12.9 Å². The van der Waals surface area contributed by atoms with Crippen LogP contribution in [0, 0.1) is 6.92 Å². The quantitative estimate of drug-likeness (QED) is 0.657. The number of hydrogen-bond donors (Lipinski definition) is 0. The normalized spacial score (nSPS) is 12.3. The Morgan fingerprint density at radius 2 is 1.93 bits per heavy atom. The first kappa shape index (κ1) is 10.9. The van der Waals surface area contributed by atoms with Crippen molar-refractivity contribution >= 4 is 33.2 Å². The summed E-state index contributed by atoms with van der Waals surface area (Å²) in [5, 5.41) is 1.96. The summed E-state index contributed by atoms with van der Waals surface area (Å²) in [6, 6.07) is 3.97. The molecule has 1 nitrogen and oxygen atoms in total. The summed E-state index contributed by atoms with van der Waals surface area (Å²) in [6.07, 6.45) is 0. The van der Waals surface area contributed by atoms with Crippen LogP contribution in [0.25, 0.3) is 10.2 Å². The third kappa shape index (κ3) is 2.01. The van der Waals surface area contributed by atoms with Gasteiger partial charge >= 0.3 is 0 Å². The maximum absolute atomic E-state index is 6.03. The highest BCUT2D eigenvalue weighted by molar-refractivity contribution is 7.18. The first-order valence-corrected chi connectivity index (χ1v) is 6.14. The van der Waals surface area contributed by atoms with E-state index in [1.165, 1.54) is 9.71 Å². The van der Waals surface area contributed by atoms with Crippen LogP contribution < -0.4 is 0 Å². The Kier molecular flexibility index (Phi) is 2.52. The molecule has 0 aliphatic carbocycles. The third-order valence-corrected chi connectivity index (χ3v) is 3.94. The smallest absolute Gasteiger partial charge is 0.0992 e. The molecule has 0 radical (unpaired) electrons. The number of halogens is 1. The molecule has 80 valence electrons. The van der Waals surface area contributed by atoms with Crippen molar-refractivity contribution in [1.82, 2.24) is 4.98 Å². The van der Waals surface area contributed by atoms with Gasteiger partial charge in [0.1, 0.15) is 0 Å². The summed E-state index contributed by atoms with van der Waals surface area (Å²) < 4.78 is 1.19. The van der Waals surface area contributed by atoms with Gasteiger partial charge in [0.25, 0.3) is 0 Å². The molecule has 0 N–H and O–H groups in total. The van der Waals surface area contributed by atoms with E-state index in [-0.39, 0.29) is 5.41 Å². The lowest BCUT2D eigenvalue weighted by Crippen LogP contribution is -2.09. The maximum Gasteiger partial charge on any atom is 0.0992 e. The minimum Gasteiger partial charge on any atom is -0.240 e. The van der Waals surface area contributed by atoms with Gasteiger partial charge in [0.15, 0.2) is 0 Å². The Morgan fingerprint density at radius 3 is 2.53 bits per heavy atom. The van der Waals surface area contributed by atoms with Crippen molar-refractivity contribution in [3.05, 3.63) is 27.7 Å². The molecule has 0 amide bonds. The number of thiazole rings is 1. The number of aryl methyl sites for hydroxylation is 1. The second kappa shape index (κ2) is 3.46. The predicted octanol–water partition coefficient (Wildman–Crippen LogP) is 4.56. The van der Waals surface area contributed by atoms with Crippen molar-refractivity contribution in [2.45, 2.75) is 33.1 Å². The third-order valence-electron chi connectivity index (χ3n) is 2.29. The second-order valence-electron chi connectivity index (χ2n) is 4.84. The van der Waals surface area contributed by atoms with Crippen LogP contribution in [0.1, 0.15) is 31.3 Å². The SMILES string of the molecule is Cc1cc(Cl)cc2sc(C(C)(C)C)nc12. The van der Waals surface area contributed by atoms with E-state index in [4.69, 9.17) is 11.6 Å². The van der Waals surface area contributed by atoms with Gasteiger partial charge in [0.2, 0.25) is 0 Å². The average molecular weight is 240 g/mol. The lowest BCUT2D eigenvalue weighted by Gasteiger charge is -2.13. The van der Waals surface area contributed by atoms with Crippen LogP contribution in [0.4, 0.5) is 0 Å². The molecule has 0 aliphatic rings. The van der Waals surface area contributed by atoms with E-state index in [1.807, 2.05) is 12.1 Å². The van der Waals surface area contributed by atoms with E-state index in [1.54, 1.807) is 11.3 Å². The highest BCUT2D eigenvalue weighted by Crippen LogP contribution is 2.33. The van der Waals surface area contributed by atoms with Crippen molar-refractivity contribution in [2.75, 3.05) is 0 Å². The van der Waals surface area contributed by atoms with E-state index < -0.39 is 0 Å². The largest absolute Gasteiger partial charge is 0.240 e. The molecule has 1 aromatic carbocycles. The molecule has 0 saturated carbocycles. The molecule has 0 unspecified atom stereocenters. The van der Waals surface area contributed by atoms with Gasteiger partial charge in [-0.25, -0.2) is 4.98 Å². The van der Waals surface area contributed by atoms with Crippen molar-refractivity contribution in [1.29, 1.82) is 0 Å². The average Bonchev–Trinajstić information content (AvgIpc) is 2.46. The molecule has 15 heavy (non-hydrogen) atoms. The molecular weight excluding hydrogens is 226 g/mol. The monoisotopic (exact) mass is 239 g/mol. The molecule has 3 heteroatoms. The van der Waals surface area contributed by atoms with E-state index in [2.05, 4.69) is 32.7 Å². The summed E-state index contributed by atoms with van der Waals surface area (Å²) in [5.41, 5.74) is 2.36. The van der Waals surface area contributed by atoms with Crippen LogP contribution in [0.2, 0.25) is 5.02 Å². The van der Waals surface area contributed by atoms with Gasteiger partial charge in [0.05, 0.1) is 15.2 Å². The Bertz CT molecular complexity index is 508. The van der Waals surface area contributed by atoms with Gasteiger partial charge in [-0.2, -0.15) is 0 Å². The molecule has 0 saturated heterocycles. The standard InChI is InChI=1S/C12H14ClNS/c1-7-5-8(13)6-9-10(7)14-11(15-9)12(2,3)4/h5-6H,1-4H3. The van der Waals surface area contributed by atoms with Crippen molar-refractivity contribution < 1.29 is 0 Å². The predicted molar refractivity (Wildman–Crippen MR) is 68.1 cm³/mol. The van der Waals surface area contributed by atoms with Crippen molar-refractivity contribution in [2.24, 2.45) is 0 Å². The Labute approximate surface area is 99.1 Å². The fraction of sp³-hybridized carbons (Fsp3) is 0.417. The molecule has 1 aromatic heterocycles. The number of benzene rings is 1. The van der Waals surface area contributed by atoms with Gasteiger partial charge in [-0.05, 0) is 24.6 Å². The number of nitrogens with zero attached hydrogens (tertiary/aromatic N) is 1. The Hall–Kier alpha value is -0.600. The van der Waals surface area contributed by atoms with E-state index >= 15 is 0 Å². The molecule has 0 bridgehead atoms. The van der Waals surface area contributed by atoms with Crippen LogP contribution in [-0.4, -0.2) is 4.98 Å². The minimum atomic E-state index is 0.114. The lowest BCUT2D eigenvalue weighted by molar-refractivity contribution is 0.587. The zero-order chi connectivity index (χ0) is 11.2. The Morgan fingerprint density at radius 1 is 1.27 bits per heavy atom. The fourth-order valence-corrected chi connectivity index (χ4v) is 2.95. The maximum atomic E-state index is 6.03. The molecule has 0 fully saturated rings. The van der Waals surface area contributed by atoms with Gasteiger partial charge < -0.3 is 0 Å². The molecule has 1 heterocycles. The van der Waals surface area contributed by atoms with Gasteiger partial charge in [0, 0.05) is 10.4 Å². The van der Waals surface area contributed by atoms with Crippen LogP contribution in [0.5, 0.6) is 0 Å². The summed E-state index contributed by atoms with van der Waals surface area (Å²) in [5.74, 6) is 0. The van der Waals surface area contributed by atoms with Crippen LogP contribution >= 0.6 is 22.9 Å². The van der Waals surface area contributed by atoms with Crippen LogP contribution in [0.3, 0.4) is 0 Å². The minimum absolute atomic E-state index is 0.114. The number of fused-ring (bicyclic) bond motifs is 1. The molecular formula is C12H14ClNS. The summed E-state index contributed by atoms with van der Waals surface area (Å²) in [6.45, 7) is 8.60. The molecule has 2 aromatic rings. The summed E-state index contributed by atoms with van der Waals surface area (Å²) >= 11 is 7.76. The fourth-order valence-electron chi connectivity index (χ4n) is 1.48. The summed E-state index contributed by atoms with van der Waals surface area (Å²) in [7, 11) is 0. The number of aromatic nitrogens is 1. The molecule has 0 atom stereocenters. The molecule has 2 rings (SSSR count). The summed E-state index contributed by atoms with van der Waals surface area (Å²) in [4.78, 5) is 4.68. The van der Waals surface area contributed by atoms with Gasteiger partial charge in [-0.3, -0.25) is 0 Å². The number of rotatable bonds is 0. The highest BCUT2D eigenvalue weighted by atomic mass is 35.5. The highest BCUT2D eigenvalue weighted by Gasteiger charge is 2.19. The molecule has 0 spiro atoms. The molecule has 0 aliphatic heterocycles. The van der Waals surface area contributed by atoms with Gasteiger partial charge in [-0.15, -0.1) is 11.3 Å². The van der Waals surface area contributed by atoms with Crippen LogP contribution in [-0.2, 0) is 5.41 Å². The first-order valence-electron chi connectivity index (χ1n) is 4.95. The van der Waals surface area contributed by atoms with E-state index in [0.29, 0.717) is 0 Å².